The van der Waals surface area contributed by atoms with Crippen LogP contribution in [0.4, 0.5) is 14.9 Å². The molecule has 138 valence electrons. The zero-order valence-corrected chi connectivity index (χ0v) is 17.0. The van der Waals surface area contributed by atoms with Gasteiger partial charge in [-0.2, -0.15) is 0 Å². The molecule has 1 fully saturated rings. The average Bonchev–Trinajstić information content (AvgIpc) is 2.86. The summed E-state index contributed by atoms with van der Waals surface area (Å²) in [6, 6.07) is 3.41. The Balaban J connectivity index is 1.81. The zero-order valence-electron chi connectivity index (χ0n) is 14.7. The van der Waals surface area contributed by atoms with E-state index in [0.717, 1.165) is 35.1 Å². The van der Waals surface area contributed by atoms with Crippen LogP contribution in [0.1, 0.15) is 32.8 Å². The van der Waals surface area contributed by atoms with E-state index in [4.69, 9.17) is 16.3 Å². The van der Waals surface area contributed by atoms with E-state index in [9.17, 15) is 9.18 Å². The fourth-order valence-corrected chi connectivity index (χ4v) is 4.63. The van der Waals surface area contributed by atoms with Gasteiger partial charge in [0.25, 0.3) is 0 Å². The lowest BCUT2D eigenvalue weighted by molar-refractivity contribution is 0.0283. The summed E-state index contributed by atoms with van der Waals surface area (Å²) in [5.41, 5.74) is 1.53. The lowest BCUT2D eigenvalue weighted by Gasteiger charge is -2.37. The molecular formula is C18H23BrClFN2O2. The maximum absolute atomic E-state index is 14.8. The molecule has 2 heterocycles. The number of fused-ring (bicyclic) bond motifs is 1. The molecule has 3 rings (SSSR count). The van der Waals surface area contributed by atoms with Crippen LogP contribution in [0, 0.1) is 0 Å². The number of halogens is 3. The monoisotopic (exact) mass is 432 g/mol. The van der Waals surface area contributed by atoms with Gasteiger partial charge in [-0.3, -0.25) is 0 Å². The van der Waals surface area contributed by atoms with Crippen LogP contribution in [0.3, 0.4) is 0 Å². The average molecular weight is 434 g/mol. The van der Waals surface area contributed by atoms with Crippen molar-refractivity contribution in [3.05, 3.63) is 27.2 Å². The van der Waals surface area contributed by atoms with Crippen LogP contribution >= 0.6 is 27.5 Å². The molecule has 0 aromatic heterocycles. The first kappa shape index (κ1) is 18.8. The van der Waals surface area contributed by atoms with Gasteiger partial charge < -0.3 is 14.5 Å². The Kier molecular flexibility index (Phi) is 5.22. The molecule has 25 heavy (non-hydrogen) atoms. The van der Waals surface area contributed by atoms with Crippen molar-refractivity contribution in [3.8, 4) is 0 Å². The Hall–Kier alpha value is -1.01. The number of anilines is 1. The van der Waals surface area contributed by atoms with Crippen molar-refractivity contribution in [1.29, 1.82) is 0 Å². The number of hydrogen-bond acceptors (Lipinski definition) is 3. The van der Waals surface area contributed by atoms with Gasteiger partial charge in [0.1, 0.15) is 11.8 Å². The van der Waals surface area contributed by atoms with Crippen LogP contribution in [-0.4, -0.2) is 48.4 Å². The molecule has 2 atom stereocenters. The van der Waals surface area contributed by atoms with Gasteiger partial charge in [0, 0.05) is 22.6 Å². The van der Waals surface area contributed by atoms with Crippen LogP contribution in [0.25, 0.3) is 0 Å². The smallest absolute Gasteiger partial charge is 0.410 e. The minimum absolute atomic E-state index is 0.0661. The molecule has 2 aliphatic heterocycles. The molecule has 0 N–H and O–H groups in total. The van der Waals surface area contributed by atoms with Gasteiger partial charge in [-0.05, 0) is 67.2 Å². The van der Waals surface area contributed by atoms with Crippen molar-refractivity contribution in [1.82, 2.24) is 4.90 Å². The summed E-state index contributed by atoms with van der Waals surface area (Å²) in [5.74, 6) is 0. The molecule has 0 radical (unpaired) electrons. The van der Waals surface area contributed by atoms with E-state index in [1.54, 1.807) is 0 Å². The lowest BCUT2D eigenvalue weighted by Crippen LogP contribution is -2.45. The number of benzene rings is 1. The third-order valence-electron chi connectivity index (χ3n) is 4.51. The highest BCUT2D eigenvalue weighted by atomic mass is 79.9. The summed E-state index contributed by atoms with van der Waals surface area (Å²) in [6.07, 6.45) is 0.297. The molecule has 1 amide bonds. The highest BCUT2D eigenvalue weighted by Gasteiger charge is 2.42. The topological polar surface area (TPSA) is 32.8 Å². The Labute approximate surface area is 161 Å². The van der Waals surface area contributed by atoms with E-state index in [1.165, 1.54) is 4.90 Å². The third kappa shape index (κ3) is 4.05. The summed E-state index contributed by atoms with van der Waals surface area (Å²) >= 11 is 9.72. The fraction of sp³-hybridized carbons (Fsp3) is 0.611. The van der Waals surface area contributed by atoms with E-state index in [0.29, 0.717) is 11.6 Å². The standard InChI is InChI=1S/C18H23BrClFN2O2/c1-18(2,3)25-17(24)22-9-14(21)15(10-22)23-6-4-5-11-7-12(20)8-13(19)16(11)23/h7-8,14-15H,4-6,9-10H2,1-3H3/t14-,15-/m1/s1. The zero-order chi connectivity index (χ0) is 18.4. The molecule has 0 saturated carbocycles. The van der Waals surface area contributed by atoms with Crippen molar-refractivity contribution in [3.63, 3.8) is 0 Å². The van der Waals surface area contributed by atoms with E-state index >= 15 is 0 Å². The number of nitrogens with zero attached hydrogens (tertiary/aromatic N) is 2. The number of ether oxygens (including phenoxy) is 1. The van der Waals surface area contributed by atoms with E-state index < -0.39 is 17.9 Å². The van der Waals surface area contributed by atoms with Gasteiger partial charge in [0.15, 0.2) is 0 Å². The maximum Gasteiger partial charge on any atom is 0.410 e. The van der Waals surface area contributed by atoms with Gasteiger partial charge in [0.05, 0.1) is 18.3 Å². The normalized spacial score (nSPS) is 23.6. The van der Waals surface area contributed by atoms with Gasteiger partial charge in [-0.1, -0.05) is 11.6 Å². The molecular weight excluding hydrogens is 411 g/mol. The summed E-state index contributed by atoms with van der Waals surface area (Å²) in [6.45, 7) is 6.59. The van der Waals surface area contributed by atoms with E-state index in [1.807, 2.05) is 32.9 Å². The molecule has 0 aliphatic carbocycles. The minimum Gasteiger partial charge on any atom is -0.444 e. The number of alkyl halides is 1. The second kappa shape index (κ2) is 6.95. The molecule has 0 bridgehead atoms. The number of hydrogen-bond donors (Lipinski definition) is 0. The van der Waals surface area contributed by atoms with Crippen molar-refractivity contribution in [2.75, 3.05) is 24.5 Å². The molecule has 0 unspecified atom stereocenters. The molecule has 2 aliphatic rings. The second-order valence-electron chi connectivity index (χ2n) is 7.66. The Morgan fingerprint density at radius 3 is 2.76 bits per heavy atom. The summed E-state index contributed by atoms with van der Waals surface area (Å²) in [7, 11) is 0. The van der Waals surface area contributed by atoms with Crippen molar-refractivity contribution >= 4 is 39.3 Å². The first-order valence-corrected chi connectivity index (χ1v) is 9.69. The van der Waals surface area contributed by atoms with Gasteiger partial charge in [-0.25, -0.2) is 9.18 Å². The lowest BCUT2D eigenvalue weighted by atomic mass is 9.99. The molecule has 4 nitrogen and oxygen atoms in total. The summed E-state index contributed by atoms with van der Waals surface area (Å²) in [5, 5.41) is 0.672. The number of aryl methyl sites for hydroxylation is 1. The summed E-state index contributed by atoms with van der Waals surface area (Å²) in [4.78, 5) is 15.8. The molecule has 1 aromatic carbocycles. The quantitative estimate of drug-likeness (QED) is 0.637. The predicted molar refractivity (Wildman–Crippen MR) is 101 cm³/mol. The number of likely N-dealkylation sites (tertiary alicyclic amines) is 1. The maximum atomic E-state index is 14.8. The first-order valence-electron chi connectivity index (χ1n) is 8.52. The van der Waals surface area contributed by atoms with Gasteiger partial charge in [0.2, 0.25) is 0 Å². The highest BCUT2D eigenvalue weighted by Crippen LogP contribution is 2.39. The Bertz CT molecular complexity index is 680. The van der Waals surface area contributed by atoms with Gasteiger partial charge >= 0.3 is 6.09 Å². The largest absolute Gasteiger partial charge is 0.444 e. The molecule has 0 spiro atoms. The van der Waals surface area contributed by atoms with E-state index in [2.05, 4.69) is 20.8 Å². The number of carbonyl (C=O) groups excluding carboxylic acids is 1. The molecule has 1 saturated heterocycles. The van der Waals surface area contributed by atoms with Gasteiger partial charge in [-0.15, -0.1) is 0 Å². The number of rotatable bonds is 1. The molecule has 1 aromatic rings. The minimum atomic E-state index is -1.11. The van der Waals surface area contributed by atoms with Crippen LogP contribution < -0.4 is 4.90 Å². The predicted octanol–water partition coefficient (Wildman–Crippen LogP) is 4.81. The van der Waals surface area contributed by atoms with Crippen LogP contribution in [0.2, 0.25) is 5.02 Å². The number of carbonyl (C=O) groups is 1. The van der Waals surface area contributed by atoms with E-state index in [-0.39, 0.29) is 12.6 Å². The Morgan fingerprint density at radius 2 is 2.08 bits per heavy atom. The van der Waals surface area contributed by atoms with Crippen LogP contribution in [0.5, 0.6) is 0 Å². The highest BCUT2D eigenvalue weighted by molar-refractivity contribution is 9.10. The number of amides is 1. The van der Waals surface area contributed by atoms with Crippen molar-refractivity contribution in [2.45, 2.75) is 51.4 Å². The molecule has 7 heteroatoms. The SMILES string of the molecule is CC(C)(C)OC(=O)N1C[C@@H](F)[C@H](N2CCCc3cc(Cl)cc(Br)c32)C1. The second-order valence-corrected chi connectivity index (χ2v) is 8.95. The third-order valence-corrected chi connectivity index (χ3v) is 5.33. The fourth-order valence-electron chi connectivity index (χ4n) is 3.53. The van der Waals surface area contributed by atoms with Crippen molar-refractivity contribution < 1.29 is 13.9 Å². The van der Waals surface area contributed by atoms with Crippen LogP contribution in [-0.2, 0) is 11.2 Å². The van der Waals surface area contributed by atoms with Crippen molar-refractivity contribution in [2.24, 2.45) is 0 Å². The summed E-state index contributed by atoms with van der Waals surface area (Å²) < 4.78 is 21.1. The Morgan fingerprint density at radius 1 is 1.36 bits per heavy atom. The van der Waals surface area contributed by atoms with Crippen LogP contribution in [0.15, 0.2) is 16.6 Å². The first-order chi connectivity index (χ1) is 11.7.